The lowest BCUT2D eigenvalue weighted by Crippen LogP contribution is -2.28. The van der Waals surface area contributed by atoms with Crippen LogP contribution in [0.25, 0.3) is 0 Å². The SMILES string of the molecule is CCOc1ccc(N2C[C@@H](C(=O)Nc3ccc(C)cn3)CC2=O)cc1. The zero-order valence-electron chi connectivity index (χ0n) is 14.4. The third-order valence-electron chi connectivity index (χ3n) is 4.12. The summed E-state index contributed by atoms with van der Waals surface area (Å²) in [5, 5.41) is 2.78. The Morgan fingerprint density at radius 2 is 2.04 bits per heavy atom. The van der Waals surface area contributed by atoms with E-state index in [0.717, 1.165) is 17.0 Å². The molecule has 2 heterocycles. The molecule has 1 fully saturated rings. The minimum absolute atomic E-state index is 0.0545. The van der Waals surface area contributed by atoms with Crippen LogP contribution in [0.3, 0.4) is 0 Å². The fourth-order valence-electron chi connectivity index (χ4n) is 2.79. The van der Waals surface area contributed by atoms with Crippen molar-refractivity contribution in [2.24, 2.45) is 5.92 Å². The molecule has 0 aliphatic carbocycles. The number of ether oxygens (including phenoxy) is 1. The molecule has 1 N–H and O–H groups in total. The maximum Gasteiger partial charge on any atom is 0.230 e. The first-order valence-electron chi connectivity index (χ1n) is 8.33. The van der Waals surface area contributed by atoms with Gasteiger partial charge in [-0.3, -0.25) is 9.59 Å². The van der Waals surface area contributed by atoms with Crippen molar-refractivity contribution in [1.82, 2.24) is 4.98 Å². The Morgan fingerprint density at radius 1 is 1.28 bits per heavy atom. The van der Waals surface area contributed by atoms with Gasteiger partial charge in [-0.1, -0.05) is 6.07 Å². The second-order valence-corrected chi connectivity index (χ2v) is 6.04. The summed E-state index contributed by atoms with van der Waals surface area (Å²) in [6, 6.07) is 11.0. The Morgan fingerprint density at radius 3 is 2.68 bits per heavy atom. The van der Waals surface area contributed by atoms with Crippen molar-refractivity contribution in [1.29, 1.82) is 0 Å². The number of aromatic nitrogens is 1. The molecule has 25 heavy (non-hydrogen) atoms. The molecule has 2 aromatic rings. The lowest BCUT2D eigenvalue weighted by atomic mass is 10.1. The van der Waals surface area contributed by atoms with Crippen LogP contribution in [0.2, 0.25) is 0 Å². The number of benzene rings is 1. The van der Waals surface area contributed by atoms with Crippen LogP contribution in [-0.4, -0.2) is 29.9 Å². The van der Waals surface area contributed by atoms with E-state index in [1.54, 1.807) is 17.2 Å². The molecule has 0 bridgehead atoms. The van der Waals surface area contributed by atoms with Gasteiger partial charge in [-0.15, -0.1) is 0 Å². The zero-order chi connectivity index (χ0) is 17.8. The lowest BCUT2D eigenvalue weighted by molar-refractivity contribution is -0.122. The zero-order valence-corrected chi connectivity index (χ0v) is 14.4. The number of anilines is 2. The van der Waals surface area contributed by atoms with Crippen LogP contribution in [-0.2, 0) is 9.59 Å². The molecule has 1 atom stereocenters. The highest BCUT2D eigenvalue weighted by Crippen LogP contribution is 2.27. The summed E-state index contributed by atoms with van der Waals surface area (Å²) in [7, 11) is 0. The largest absolute Gasteiger partial charge is 0.494 e. The number of pyridine rings is 1. The van der Waals surface area contributed by atoms with E-state index in [4.69, 9.17) is 4.74 Å². The standard InChI is InChI=1S/C19H21N3O3/c1-3-25-16-7-5-15(6-8-16)22-12-14(10-18(22)23)19(24)21-17-9-4-13(2)11-20-17/h4-9,11,14H,3,10,12H2,1-2H3,(H,20,21,24)/t14-/m0/s1. The van der Waals surface area contributed by atoms with E-state index in [-0.39, 0.29) is 24.2 Å². The van der Waals surface area contributed by atoms with Gasteiger partial charge in [-0.2, -0.15) is 0 Å². The number of nitrogens with one attached hydrogen (secondary N) is 1. The van der Waals surface area contributed by atoms with Crippen LogP contribution in [0.15, 0.2) is 42.6 Å². The van der Waals surface area contributed by atoms with E-state index in [2.05, 4.69) is 10.3 Å². The van der Waals surface area contributed by atoms with Crippen molar-refractivity contribution in [3.05, 3.63) is 48.2 Å². The summed E-state index contributed by atoms with van der Waals surface area (Å²) < 4.78 is 5.41. The van der Waals surface area contributed by atoms with E-state index in [1.165, 1.54) is 0 Å². The summed E-state index contributed by atoms with van der Waals surface area (Å²) >= 11 is 0. The molecule has 1 saturated heterocycles. The number of carbonyl (C=O) groups is 2. The van der Waals surface area contributed by atoms with E-state index >= 15 is 0 Å². The molecule has 2 amide bonds. The Balaban J connectivity index is 1.65. The highest BCUT2D eigenvalue weighted by Gasteiger charge is 2.35. The number of hydrogen-bond acceptors (Lipinski definition) is 4. The Bertz CT molecular complexity index is 756. The van der Waals surface area contributed by atoms with Crippen molar-refractivity contribution in [3.63, 3.8) is 0 Å². The topological polar surface area (TPSA) is 71.5 Å². The molecule has 0 radical (unpaired) electrons. The summed E-state index contributed by atoms with van der Waals surface area (Å²) in [5.74, 6) is 0.640. The third kappa shape index (κ3) is 3.96. The molecular formula is C19H21N3O3. The summed E-state index contributed by atoms with van der Waals surface area (Å²) in [5.41, 5.74) is 1.80. The van der Waals surface area contributed by atoms with Crippen LogP contribution in [0, 0.1) is 12.8 Å². The number of rotatable bonds is 5. The Kier molecular flexibility index (Phi) is 4.97. The molecule has 0 unspecified atom stereocenters. The maximum atomic E-state index is 12.4. The first-order valence-corrected chi connectivity index (χ1v) is 8.33. The summed E-state index contributed by atoms with van der Waals surface area (Å²) in [4.78, 5) is 30.5. The predicted octanol–water partition coefficient (Wildman–Crippen LogP) is 2.78. The van der Waals surface area contributed by atoms with Crippen molar-refractivity contribution < 1.29 is 14.3 Å². The molecule has 1 aromatic carbocycles. The van der Waals surface area contributed by atoms with Gasteiger partial charge in [0.1, 0.15) is 11.6 Å². The number of nitrogens with zero attached hydrogens (tertiary/aromatic N) is 2. The number of carbonyl (C=O) groups excluding carboxylic acids is 2. The van der Waals surface area contributed by atoms with Crippen LogP contribution < -0.4 is 15.0 Å². The number of amides is 2. The molecule has 6 heteroatoms. The molecule has 1 aliphatic heterocycles. The monoisotopic (exact) mass is 339 g/mol. The smallest absolute Gasteiger partial charge is 0.230 e. The van der Waals surface area contributed by atoms with E-state index < -0.39 is 0 Å². The minimum Gasteiger partial charge on any atom is -0.494 e. The summed E-state index contributed by atoms with van der Waals surface area (Å²) in [6.07, 6.45) is 1.90. The Hall–Kier alpha value is -2.89. The molecule has 6 nitrogen and oxygen atoms in total. The molecule has 130 valence electrons. The van der Waals surface area contributed by atoms with Gasteiger partial charge in [0.2, 0.25) is 11.8 Å². The van der Waals surface area contributed by atoms with Gasteiger partial charge in [0.25, 0.3) is 0 Å². The highest BCUT2D eigenvalue weighted by atomic mass is 16.5. The third-order valence-corrected chi connectivity index (χ3v) is 4.12. The minimum atomic E-state index is -0.387. The van der Waals surface area contributed by atoms with Crippen molar-refractivity contribution in [2.75, 3.05) is 23.4 Å². The van der Waals surface area contributed by atoms with Crippen molar-refractivity contribution in [3.8, 4) is 5.75 Å². The first-order chi connectivity index (χ1) is 12.1. The average Bonchev–Trinajstić information content (AvgIpc) is 3.00. The van der Waals surface area contributed by atoms with Gasteiger partial charge in [0.15, 0.2) is 0 Å². The number of hydrogen-bond donors (Lipinski definition) is 1. The normalized spacial score (nSPS) is 16.8. The molecule has 0 spiro atoms. The first kappa shape index (κ1) is 17.0. The quantitative estimate of drug-likeness (QED) is 0.909. The molecular weight excluding hydrogens is 318 g/mol. The highest BCUT2D eigenvalue weighted by molar-refractivity contribution is 6.03. The van der Waals surface area contributed by atoms with E-state index in [0.29, 0.717) is 19.0 Å². The predicted molar refractivity (Wildman–Crippen MR) is 95.7 cm³/mol. The fourth-order valence-corrected chi connectivity index (χ4v) is 2.79. The van der Waals surface area contributed by atoms with E-state index in [1.807, 2.05) is 44.2 Å². The van der Waals surface area contributed by atoms with Gasteiger partial charge in [-0.25, -0.2) is 4.98 Å². The fraction of sp³-hybridized carbons (Fsp3) is 0.316. The second-order valence-electron chi connectivity index (χ2n) is 6.04. The van der Waals surface area contributed by atoms with Gasteiger partial charge in [0, 0.05) is 24.8 Å². The van der Waals surface area contributed by atoms with Gasteiger partial charge < -0.3 is 15.0 Å². The second kappa shape index (κ2) is 7.34. The van der Waals surface area contributed by atoms with Crippen LogP contribution in [0.1, 0.15) is 18.9 Å². The maximum absolute atomic E-state index is 12.4. The van der Waals surface area contributed by atoms with Gasteiger partial charge in [-0.05, 0) is 49.7 Å². The van der Waals surface area contributed by atoms with E-state index in [9.17, 15) is 9.59 Å². The molecule has 1 aromatic heterocycles. The van der Waals surface area contributed by atoms with Gasteiger partial charge in [0.05, 0.1) is 12.5 Å². The summed E-state index contributed by atoms with van der Waals surface area (Å²) in [6.45, 7) is 4.81. The van der Waals surface area contributed by atoms with Gasteiger partial charge >= 0.3 is 0 Å². The van der Waals surface area contributed by atoms with Crippen LogP contribution in [0.4, 0.5) is 11.5 Å². The van der Waals surface area contributed by atoms with Crippen molar-refractivity contribution in [2.45, 2.75) is 20.3 Å². The van der Waals surface area contributed by atoms with Crippen molar-refractivity contribution >= 4 is 23.3 Å². The van der Waals surface area contributed by atoms with Crippen LogP contribution >= 0.6 is 0 Å². The molecule has 1 aliphatic rings. The Labute approximate surface area is 146 Å². The number of aryl methyl sites for hydroxylation is 1. The molecule has 0 saturated carbocycles. The molecule has 3 rings (SSSR count). The van der Waals surface area contributed by atoms with Crippen LogP contribution in [0.5, 0.6) is 5.75 Å². The average molecular weight is 339 g/mol. The lowest BCUT2D eigenvalue weighted by Gasteiger charge is -2.17.